The fourth-order valence-electron chi connectivity index (χ4n) is 4.11. The topological polar surface area (TPSA) is 37.3 Å². The highest BCUT2D eigenvalue weighted by Gasteiger charge is 2.26. The van der Waals surface area contributed by atoms with Crippen molar-refractivity contribution in [2.45, 2.75) is 71.0 Å². The van der Waals surface area contributed by atoms with Gasteiger partial charge in [-0.2, -0.15) is 0 Å². The van der Waals surface area contributed by atoms with E-state index in [0.717, 1.165) is 38.8 Å². The molecule has 28 heavy (non-hydrogen) atoms. The minimum Gasteiger partial charge on any atom is -0.345 e. The van der Waals surface area contributed by atoms with Gasteiger partial charge in [-0.15, -0.1) is 0 Å². The number of nitrogens with zero attached hydrogens (tertiary/aromatic N) is 2. The molecule has 3 rings (SSSR count). The van der Waals surface area contributed by atoms with Crippen molar-refractivity contribution < 1.29 is 4.79 Å². The minimum absolute atomic E-state index is 0.246. The van der Waals surface area contributed by atoms with Gasteiger partial charge in [-0.05, 0) is 43.5 Å². The molecule has 1 saturated carbocycles. The predicted molar refractivity (Wildman–Crippen MR) is 115 cm³/mol. The maximum atomic E-state index is 13.1. The standard InChI is InChI=1S/C24H35N3O/c1-2-3-16-25-18-24(28)27(22-13-8-5-9-14-22)20-23-15-10-17-26(23)19-21-11-6-4-7-12-21/h4,6-7,10-12,15,17,22,25H,2-3,5,8-9,13-14,16,18-20H2,1H3. The summed E-state index contributed by atoms with van der Waals surface area (Å²) in [7, 11) is 0. The number of carbonyl (C=O) groups excluding carboxylic acids is 1. The summed E-state index contributed by atoms with van der Waals surface area (Å²) in [5.41, 5.74) is 2.51. The molecule has 4 nitrogen and oxygen atoms in total. The number of amides is 1. The molecule has 0 spiro atoms. The summed E-state index contributed by atoms with van der Waals surface area (Å²) in [6, 6.07) is 15.2. The quantitative estimate of drug-likeness (QED) is 0.611. The van der Waals surface area contributed by atoms with E-state index < -0.39 is 0 Å². The van der Waals surface area contributed by atoms with Crippen LogP contribution < -0.4 is 5.32 Å². The second-order valence-electron chi connectivity index (χ2n) is 7.96. The number of benzene rings is 1. The van der Waals surface area contributed by atoms with Gasteiger partial charge in [0.2, 0.25) is 5.91 Å². The van der Waals surface area contributed by atoms with Gasteiger partial charge in [0, 0.05) is 24.5 Å². The first-order valence-corrected chi connectivity index (χ1v) is 11.0. The Balaban J connectivity index is 1.68. The summed E-state index contributed by atoms with van der Waals surface area (Å²) >= 11 is 0. The Kier molecular flexibility index (Phi) is 8.16. The molecule has 1 fully saturated rings. The van der Waals surface area contributed by atoms with Crippen LogP contribution in [0.25, 0.3) is 0 Å². The number of hydrogen-bond acceptors (Lipinski definition) is 2. The highest BCUT2D eigenvalue weighted by atomic mass is 16.2. The average Bonchev–Trinajstić information content (AvgIpc) is 3.17. The normalized spacial score (nSPS) is 14.9. The summed E-state index contributed by atoms with van der Waals surface area (Å²) < 4.78 is 2.28. The Morgan fingerprint density at radius 1 is 1.11 bits per heavy atom. The molecule has 1 aromatic heterocycles. The fraction of sp³-hybridized carbons (Fsp3) is 0.542. The molecule has 2 aromatic rings. The van der Waals surface area contributed by atoms with Crippen molar-refractivity contribution in [2.24, 2.45) is 0 Å². The van der Waals surface area contributed by atoms with Crippen LogP contribution in [0.4, 0.5) is 0 Å². The van der Waals surface area contributed by atoms with E-state index in [1.54, 1.807) is 0 Å². The van der Waals surface area contributed by atoms with Crippen LogP contribution in [0, 0.1) is 0 Å². The Morgan fingerprint density at radius 3 is 2.64 bits per heavy atom. The number of hydrogen-bond donors (Lipinski definition) is 1. The predicted octanol–water partition coefficient (Wildman–Crippen LogP) is 4.59. The number of rotatable bonds is 10. The number of nitrogens with one attached hydrogen (secondary N) is 1. The maximum Gasteiger partial charge on any atom is 0.237 e. The van der Waals surface area contributed by atoms with E-state index in [1.807, 2.05) is 0 Å². The van der Waals surface area contributed by atoms with E-state index in [4.69, 9.17) is 0 Å². The van der Waals surface area contributed by atoms with Gasteiger partial charge in [0.15, 0.2) is 0 Å². The molecule has 0 atom stereocenters. The van der Waals surface area contributed by atoms with Gasteiger partial charge in [-0.1, -0.05) is 62.9 Å². The van der Waals surface area contributed by atoms with Gasteiger partial charge in [-0.3, -0.25) is 4.79 Å². The van der Waals surface area contributed by atoms with Crippen LogP contribution in [0.5, 0.6) is 0 Å². The van der Waals surface area contributed by atoms with E-state index in [-0.39, 0.29) is 5.91 Å². The Morgan fingerprint density at radius 2 is 1.89 bits per heavy atom. The Hall–Kier alpha value is -2.07. The third-order valence-corrected chi connectivity index (χ3v) is 5.77. The van der Waals surface area contributed by atoms with Crippen LogP contribution in [-0.4, -0.2) is 34.5 Å². The SMILES string of the molecule is CCCCNCC(=O)N(Cc1cccn1Cc1ccccc1)C1CCCCC1. The Labute approximate surface area is 169 Å². The minimum atomic E-state index is 0.246. The number of unbranched alkanes of at least 4 members (excludes halogenated alkanes) is 1. The van der Waals surface area contributed by atoms with Gasteiger partial charge >= 0.3 is 0 Å². The third-order valence-electron chi connectivity index (χ3n) is 5.77. The van der Waals surface area contributed by atoms with Crippen LogP contribution in [-0.2, 0) is 17.9 Å². The van der Waals surface area contributed by atoms with Crippen molar-refractivity contribution >= 4 is 5.91 Å². The lowest BCUT2D eigenvalue weighted by atomic mass is 9.94. The molecule has 4 heteroatoms. The van der Waals surface area contributed by atoms with Crippen LogP contribution in [0.2, 0.25) is 0 Å². The zero-order valence-electron chi connectivity index (χ0n) is 17.3. The first-order valence-electron chi connectivity index (χ1n) is 11.0. The molecule has 1 aliphatic carbocycles. The number of aromatic nitrogens is 1. The zero-order chi connectivity index (χ0) is 19.6. The maximum absolute atomic E-state index is 13.1. The molecule has 0 unspecified atom stereocenters. The molecule has 0 radical (unpaired) electrons. The third kappa shape index (κ3) is 5.96. The monoisotopic (exact) mass is 381 g/mol. The molecule has 0 saturated heterocycles. The molecule has 1 heterocycles. The summed E-state index contributed by atoms with van der Waals surface area (Å²) in [6.45, 7) is 5.11. The van der Waals surface area contributed by atoms with Gasteiger partial charge in [0.1, 0.15) is 0 Å². The highest BCUT2D eigenvalue weighted by Crippen LogP contribution is 2.24. The van der Waals surface area contributed by atoms with Crippen LogP contribution in [0.1, 0.15) is 63.1 Å². The number of carbonyl (C=O) groups is 1. The van der Waals surface area contributed by atoms with Crippen molar-refractivity contribution in [1.82, 2.24) is 14.8 Å². The lowest BCUT2D eigenvalue weighted by Crippen LogP contribution is -2.45. The van der Waals surface area contributed by atoms with Crippen LogP contribution >= 0.6 is 0 Å². The summed E-state index contributed by atoms with van der Waals surface area (Å²) in [4.78, 5) is 15.2. The molecule has 1 amide bonds. The average molecular weight is 382 g/mol. The molecule has 0 bridgehead atoms. The van der Waals surface area contributed by atoms with Crippen LogP contribution in [0.3, 0.4) is 0 Å². The van der Waals surface area contributed by atoms with Crippen molar-refractivity contribution in [3.8, 4) is 0 Å². The van der Waals surface area contributed by atoms with Crippen LogP contribution in [0.15, 0.2) is 48.7 Å². The zero-order valence-corrected chi connectivity index (χ0v) is 17.3. The van der Waals surface area contributed by atoms with Crippen molar-refractivity contribution in [3.05, 3.63) is 59.9 Å². The second kappa shape index (κ2) is 11.1. The van der Waals surface area contributed by atoms with E-state index in [1.165, 1.54) is 30.5 Å². The lowest BCUT2D eigenvalue weighted by Gasteiger charge is -2.35. The first-order chi connectivity index (χ1) is 13.8. The summed E-state index contributed by atoms with van der Waals surface area (Å²) in [5, 5.41) is 3.34. The van der Waals surface area contributed by atoms with E-state index >= 15 is 0 Å². The molecular weight excluding hydrogens is 346 g/mol. The van der Waals surface area contributed by atoms with Crippen molar-refractivity contribution in [3.63, 3.8) is 0 Å². The first kappa shape index (κ1) is 20.7. The van der Waals surface area contributed by atoms with Crippen molar-refractivity contribution in [1.29, 1.82) is 0 Å². The van der Waals surface area contributed by atoms with Gasteiger partial charge in [0.25, 0.3) is 0 Å². The summed E-state index contributed by atoms with van der Waals surface area (Å²) in [6.07, 6.45) is 10.5. The van der Waals surface area contributed by atoms with E-state index in [2.05, 4.69) is 70.4 Å². The molecule has 152 valence electrons. The van der Waals surface area contributed by atoms with E-state index in [0.29, 0.717) is 19.1 Å². The lowest BCUT2D eigenvalue weighted by molar-refractivity contribution is -0.134. The molecular formula is C24H35N3O. The summed E-state index contributed by atoms with van der Waals surface area (Å²) in [5.74, 6) is 0.246. The molecule has 1 aromatic carbocycles. The largest absolute Gasteiger partial charge is 0.345 e. The smallest absolute Gasteiger partial charge is 0.237 e. The van der Waals surface area contributed by atoms with E-state index in [9.17, 15) is 4.79 Å². The molecule has 1 aliphatic rings. The molecule has 1 N–H and O–H groups in total. The van der Waals surface area contributed by atoms with Gasteiger partial charge in [0.05, 0.1) is 13.1 Å². The van der Waals surface area contributed by atoms with Gasteiger partial charge in [-0.25, -0.2) is 0 Å². The molecule has 0 aliphatic heterocycles. The highest BCUT2D eigenvalue weighted by molar-refractivity contribution is 5.78. The van der Waals surface area contributed by atoms with Crippen molar-refractivity contribution in [2.75, 3.05) is 13.1 Å². The van der Waals surface area contributed by atoms with Gasteiger partial charge < -0.3 is 14.8 Å². The second-order valence-corrected chi connectivity index (χ2v) is 7.96. The Bertz CT molecular complexity index is 704. The fourth-order valence-corrected chi connectivity index (χ4v) is 4.11.